The smallest absolute Gasteiger partial charge is 0.266 e. The van der Waals surface area contributed by atoms with Crippen LogP contribution in [0.1, 0.15) is 32.3 Å². The summed E-state index contributed by atoms with van der Waals surface area (Å²) < 4.78 is 3.80. The lowest BCUT2D eigenvalue weighted by atomic mass is 10.3. The van der Waals surface area contributed by atoms with E-state index < -0.39 is 0 Å². The molecule has 1 aliphatic rings. The van der Waals surface area contributed by atoms with Gasteiger partial charge in [0.1, 0.15) is 15.6 Å². The number of hydrogen-bond donors (Lipinski definition) is 0. The Labute approximate surface area is 157 Å². The summed E-state index contributed by atoms with van der Waals surface area (Å²) >= 11 is 2.42. The maximum absolute atomic E-state index is 12.9. The third-order valence-electron chi connectivity index (χ3n) is 3.98. The van der Waals surface area contributed by atoms with E-state index in [1.165, 1.54) is 21.4 Å². The summed E-state index contributed by atoms with van der Waals surface area (Å²) in [5.74, 6) is -0.525. The van der Waals surface area contributed by atoms with Crippen LogP contribution in [0.2, 0.25) is 0 Å². The second-order valence-corrected chi connectivity index (χ2v) is 7.29. The fourth-order valence-electron chi connectivity index (χ4n) is 2.71. The molecule has 2 amide bonds. The van der Waals surface area contributed by atoms with Crippen molar-refractivity contribution in [2.45, 2.75) is 13.3 Å². The summed E-state index contributed by atoms with van der Waals surface area (Å²) in [7, 11) is 0. The Morgan fingerprint density at radius 2 is 2.00 bits per heavy atom. The second kappa shape index (κ2) is 6.89. The van der Waals surface area contributed by atoms with E-state index in [-0.39, 0.29) is 11.8 Å². The molecular weight excluding hydrogens is 372 g/mol. The van der Waals surface area contributed by atoms with Crippen molar-refractivity contribution in [3.63, 3.8) is 0 Å². The summed E-state index contributed by atoms with van der Waals surface area (Å²) in [6.45, 7) is 2.71. The summed E-state index contributed by atoms with van der Waals surface area (Å²) in [5.41, 5.74) is 1.76. The minimum Gasteiger partial charge on any atom is -0.266 e. The van der Waals surface area contributed by atoms with Gasteiger partial charge in [-0.15, -0.1) is 16.4 Å². The highest BCUT2D eigenvalue weighted by atomic mass is 32.1. The molecule has 0 atom stereocenters. The Morgan fingerprint density at radius 3 is 2.69 bits per heavy atom. The van der Waals surface area contributed by atoms with Crippen molar-refractivity contribution in [2.24, 2.45) is 0 Å². The van der Waals surface area contributed by atoms with Crippen molar-refractivity contribution in [1.82, 2.24) is 29.6 Å². The molecule has 0 saturated carbocycles. The van der Waals surface area contributed by atoms with E-state index in [0.29, 0.717) is 29.4 Å². The molecule has 8 nitrogen and oxygen atoms in total. The van der Waals surface area contributed by atoms with Gasteiger partial charge in [0.15, 0.2) is 0 Å². The topological polar surface area (TPSA) is 92.2 Å². The quantitative estimate of drug-likeness (QED) is 0.686. The van der Waals surface area contributed by atoms with Gasteiger partial charge in [-0.1, -0.05) is 4.49 Å². The van der Waals surface area contributed by atoms with Gasteiger partial charge in [0.05, 0.1) is 5.69 Å². The molecule has 3 aromatic heterocycles. The second-order valence-electron chi connectivity index (χ2n) is 5.68. The maximum Gasteiger partial charge on any atom is 0.291 e. The Balaban J connectivity index is 1.57. The van der Waals surface area contributed by atoms with Gasteiger partial charge in [0.25, 0.3) is 11.8 Å². The number of amides is 2. The number of aryl methyl sites for hydroxylation is 1. The van der Waals surface area contributed by atoms with Gasteiger partial charge in [0.2, 0.25) is 0 Å². The van der Waals surface area contributed by atoms with Crippen LogP contribution in [0.4, 0.5) is 0 Å². The van der Waals surface area contributed by atoms with Gasteiger partial charge < -0.3 is 0 Å². The van der Waals surface area contributed by atoms with Crippen LogP contribution < -0.4 is 0 Å². The minimum atomic E-state index is -0.280. The molecule has 0 N–H and O–H groups in total. The average Bonchev–Trinajstić information content (AvgIpc) is 3.41. The molecule has 132 valence electrons. The van der Waals surface area contributed by atoms with Crippen molar-refractivity contribution >= 4 is 34.7 Å². The Hall–Kier alpha value is -2.72. The Kier molecular flexibility index (Phi) is 4.43. The predicted molar refractivity (Wildman–Crippen MR) is 96.7 cm³/mol. The van der Waals surface area contributed by atoms with Gasteiger partial charge in [-0.2, -0.15) is 0 Å². The number of nitrogens with zero attached hydrogens (tertiary/aromatic N) is 6. The summed E-state index contributed by atoms with van der Waals surface area (Å²) in [6, 6.07) is 3.72. The van der Waals surface area contributed by atoms with Crippen LogP contribution in [0.15, 0.2) is 29.9 Å². The average molecular weight is 386 g/mol. The van der Waals surface area contributed by atoms with Crippen LogP contribution in [-0.4, -0.2) is 54.5 Å². The first-order chi connectivity index (χ1) is 12.6. The molecule has 0 aliphatic carbocycles. The van der Waals surface area contributed by atoms with Crippen LogP contribution in [0.25, 0.3) is 10.6 Å². The summed E-state index contributed by atoms with van der Waals surface area (Å²) in [6.07, 6.45) is 4.12. The minimum absolute atomic E-state index is 0.244. The van der Waals surface area contributed by atoms with Crippen LogP contribution in [-0.2, 0) is 0 Å². The number of thiazole rings is 1. The van der Waals surface area contributed by atoms with Crippen molar-refractivity contribution in [3.8, 4) is 10.6 Å². The lowest BCUT2D eigenvalue weighted by Gasteiger charge is -2.26. The van der Waals surface area contributed by atoms with Gasteiger partial charge in [0, 0.05) is 36.4 Å². The van der Waals surface area contributed by atoms with Crippen molar-refractivity contribution in [2.75, 3.05) is 13.1 Å². The molecule has 0 spiro atoms. The molecule has 1 fully saturated rings. The number of pyridine rings is 1. The molecule has 4 heterocycles. The predicted octanol–water partition coefficient (Wildman–Crippen LogP) is 2.27. The Morgan fingerprint density at radius 1 is 1.19 bits per heavy atom. The number of hydrazine groups is 1. The standard InChI is InChI=1S/C16H14N6O2S2/c1-10-13(26-20-19-10)16(24)22-7-3-6-21(22)15(23)12-9-25-14(18-12)11-4-2-5-17-8-11/h2,4-5,8-9H,3,6-7H2,1H3. The zero-order valence-electron chi connectivity index (χ0n) is 13.8. The number of hydrogen-bond acceptors (Lipinski definition) is 8. The first-order valence-electron chi connectivity index (χ1n) is 7.93. The largest absolute Gasteiger partial charge is 0.291 e. The van der Waals surface area contributed by atoms with E-state index in [1.54, 1.807) is 24.7 Å². The van der Waals surface area contributed by atoms with Gasteiger partial charge in [-0.3, -0.25) is 14.6 Å². The highest BCUT2D eigenvalue weighted by molar-refractivity contribution is 7.13. The number of carbonyl (C=O) groups excluding carboxylic acids is 2. The molecule has 1 aliphatic heterocycles. The first kappa shape index (κ1) is 16.7. The third-order valence-corrected chi connectivity index (χ3v) is 5.68. The van der Waals surface area contributed by atoms with Crippen molar-refractivity contribution in [1.29, 1.82) is 0 Å². The molecule has 3 aromatic rings. The van der Waals surface area contributed by atoms with Crippen molar-refractivity contribution < 1.29 is 9.59 Å². The van der Waals surface area contributed by atoms with Crippen LogP contribution in [0.3, 0.4) is 0 Å². The van der Waals surface area contributed by atoms with Crippen molar-refractivity contribution in [3.05, 3.63) is 46.2 Å². The SMILES string of the molecule is Cc1nnsc1C(=O)N1CCCN1C(=O)c1csc(-c2cccnc2)n1. The van der Waals surface area contributed by atoms with Crippen LogP contribution in [0.5, 0.6) is 0 Å². The van der Waals surface area contributed by atoms with Crippen LogP contribution >= 0.6 is 22.9 Å². The fourth-order valence-corrected chi connectivity index (χ4v) is 4.09. The van der Waals surface area contributed by atoms with E-state index in [4.69, 9.17) is 0 Å². The van der Waals surface area contributed by atoms with E-state index in [1.807, 2.05) is 12.1 Å². The highest BCUT2D eigenvalue weighted by Crippen LogP contribution is 2.25. The normalized spacial score (nSPS) is 14.0. The van der Waals surface area contributed by atoms with Gasteiger partial charge in [-0.25, -0.2) is 15.0 Å². The number of aromatic nitrogens is 4. The molecule has 4 rings (SSSR count). The maximum atomic E-state index is 12.9. The van der Waals surface area contributed by atoms with E-state index in [9.17, 15) is 9.59 Å². The molecule has 0 unspecified atom stereocenters. The van der Waals surface area contributed by atoms with Gasteiger partial charge >= 0.3 is 0 Å². The summed E-state index contributed by atoms with van der Waals surface area (Å²) in [4.78, 5) is 34.6. The molecule has 0 aromatic carbocycles. The molecule has 0 radical (unpaired) electrons. The highest BCUT2D eigenvalue weighted by Gasteiger charge is 2.34. The molecule has 1 saturated heterocycles. The summed E-state index contributed by atoms with van der Waals surface area (Å²) in [5, 5.41) is 9.24. The Bertz CT molecular complexity index is 955. The van der Waals surface area contributed by atoms with Gasteiger partial charge in [-0.05, 0) is 37.0 Å². The molecular formula is C16H14N6O2S2. The van der Waals surface area contributed by atoms with E-state index in [0.717, 1.165) is 28.5 Å². The number of rotatable bonds is 3. The zero-order chi connectivity index (χ0) is 18.1. The lowest BCUT2D eigenvalue weighted by molar-refractivity contribution is 0.0185. The fraction of sp³-hybridized carbons (Fsp3) is 0.250. The van der Waals surface area contributed by atoms with E-state index >= 15 is 0 Å². The molecule has 26 heavy (non-hydrogen) atoms. The van der Waals surface area contributed by atoms with Crippen LogP contribution in [0, 0.1) is 6.92 Å². The first-order valence-corrected chi connectivity index (χ1v) is 9.59. The third kappa shape index (κ3) is 2.97. The molecule has 10 heteroatoms. The zero-order valence-corrected chi connectivity index (χ0v) is 15.5. The molecule has 0 bridgehead atoms. The number of carbonyl (C=O) groups is 2. The monoisotopic (exact) mass is 386 g/mol. The lowest BCUT2D eigenvalue weighted by Crippen LogP contribution is -2.44. The van der Waals surface area contributed by atoms with E-state index in [2.05, 4.69) is 19.6 Å².